The molecular weight excluding hydrogens is 335 g/mol. The normalized spacial score (nSPS) is 10.6. The van der Waals surface area contributed by atoms with Gasteiger partial charge in [-0.2, -0.15) is 5.10 Å². The van der Waals surface area contributed by atoms with Gasteiger partial charge in [0.1, 0.15) is 11.6 Å². The molecule has 0 N–H and O–H groups in total. The van der Waals surface area contributed by atoms with Crippen LogP contribution in [0.2, 0.25) is 0 Å². The van der Waals surface area contributed by atoms with Crippen LogP contribution in [-0.2, 0) is 18.3 Å². The fraction of sp³-hybridized carbons (Fsp3) is 0.211. The predicted octanol–water partition coefficient (Wildman–Crippen LogP) is 3.39. The first kappa shape index (κ1) is 17.6. The van der Waals surface area contributed by atoms with Crippen LogP contribution in [0.3, 0.4) is 0 Å². The van der Waals surface area contributed by atoms with Crippen molar-refractivity contribution in [2.24, 2.45) is 7.05 Å². The topological polar surface area (TPSA) is 60.2 Å². The molecule has 0 aliphatic rings. The summed E-state index contributed by atoms with van der Waals surface area (Å²) in [6, 6.07) is 10.4. The first-order valence-corrected chi connectivity index (χ1v) is 8.04. The number of anilines is 2. The maximum absolute atomic E-state index is 13.2. The molecule has 2 heterocycles. The van der Waals surface area contributed by atoms with E-state index in [9.17, 15) is 9.18 Å². The average Bonchev–Trinajstić information content (AvgIpc) is 3.06. The molecule has 1 aromatic carbocycles. The largest absolute Gasteiger partial charge is 0.465 e. The Morgan fingerprint density at radius 2 is 2.04 bits per heavy atom. The number of ether oxygens (including phenoxy) is 1. The summed E-state index contributed by atoms with van der Waals surface area (Å²) < 4.78 is 19.7. The van der Waals surface area contributed by atoms with E-state index in [0.29, 0.717) is 23.7 Å². The highest BCUT2D eigenvalue weighted by Crippen LogP contribution is 2.25. The standard InChI is InChI=1S/C19H19FN4O2/c1-13-10-14(4-6-16(13)19(25)26-3)12-24(18-8-9-23(2)22-18)17-7-5-15(20)11-21-17/h4-11H,12H2,1-3H3. The first-order chi connectivity index (χ1) is 12.5. The summed E-state index contributed by atoms with van der Waals surface area (Å²) in [5, 5.41) is 4.42. The third-order valence-corrected chi connectivity index (χ3v) is 4.00. The number of carbonyl (C=O) groups excluding carboxylic acids is 1. The van der Waals surface area contributed by atoms with Crippen LogP contribution in [0.5, 0.6) is 0 Å². The van der Waals surface area contributed by atoms with Gasteiger partial charge in [-0.3, -0.25) is 4.68 Å². The van der Waals surface area contributed by atoms with E-state index in [4.69, 9.17) is 4.74 Å². The van der Waals surface area contributed by atoms with Crippen molar-refractivity contribution in [1.82, 2.24) is 14.8 Å². The van der Waals surface area contributed by atoms with Crippen molar-refractivity contribution in [1.29, 1.82) is 0 Å². The quantitative estimate of drug-likeness (QED) is 0.657. The van der Waals surface area contributed by atoms with Crippen molar-refractivity contribution in [3.05, 3.63) is 71.3 Å². The van der Waals surface area contributed by atoms with Gasteiger partial charge in [-0.25, -0.2) is 14.2 Å². The van der Waals surface area contributed by atoms with Crippen LogP contribution in [0.1, 0.15) is 21.5 Å². The minimum atomic E-state index is -0.395. The van der Waals surface area contributed by atoms with Crippen LogP contribution in [0.15, 0.2) is 48.8 Å². The Hall–Kier alpha value is -3.22. The lowest BCUT2D eigenvalue weighted by Crippen LogP contribution is -2.19. The lowest BCUT2D eigenvalue weighted by atomic mass is 10.0. The Morgan fingerprint density at radius 3 is 2.62 bits per heavy atom. The monoisotopic (exact) mass is 354 g/mol. The summed E-state index contributed by atoms with van der Waals surface area (Å²) >= 11 is 0. The zero-order valence-corrected chi connectivity index (χ0v) is 14.8. The Bertz CT molecular complexity index is 922. The lowest BCUT2D eigenvalue weighted by molar-refractivity contribution is 0.0600. The maximum atomic E-state index is 13.2. The van der Waals surface area contributed by atoms with Gasteiger partial charge in [0.25, 0.3) is 0 Å². The number of benzene rings is 1. The smallest absolute Gasteiger partial charge is 0.338 e. The number of pyridine rings is 1. The molecule has 0 aliphatic carbocycles. The zero-order chi connectivity index (χ0) is 18.7. The van der Waals surface area contributed by atoms with E-state index in [1.54, 1.807) is 16.8 Å². The van der Waals surface area contributed by atoms with Crippen molar-refractivity contribution in [2.75, 3.05) is 12.0 Å². The molecule has 0 fully saturated rings. The molecule has 26 heavy (non-hydrogen) atoms. The van der Waals surface area contributed by atoms with Crippen LogP contribution in [0, 0.1) is 12.7 Å². The molecule has 0 saturated heterocycles. The highest BCUT2D eigenvalue weighted by Gasteiger charge is 2.16. The van der Waals surface area contributed by atoms with E-state index in [1.165, 1.54) is 19.4 Å². The lowest BCUT2D eigenvalue weighted by Gasteiger charge is -2.22. The highest BCUT2D eigenvalue weighted by atomic mass is 19.1. The minimum Gasteiger partial charge on any atom is -0.465 e. The molecule has 0 spiro atoms. The molecule has 0 amide bonds. The van der Waals surface area contributed by atoms with Gasteiger partial charge in [0.2, 0.25) is 0 Å². The van der Waals surface area contributed by atoms with E-state index >= 15 is 0 Å². The molecule has 0 saturated carbocycles. The summed E-state index contributed by atoms with van der Waals surface area (Å²) in [6.45, 7) is 2.33. The van der Waals surface area contributed by atoms with Crippen molar-refractivity contribution in [2.45, 2.75) is 13.5 Å². The van der Waals surface area contributed by atoms with Crippen LogP contribution in [-0.4, -0.2) is 27.8 Å². The molecule has 2 aromatic heterocycles. The Labute approximate surface area is 150 Å². The van der Waals surface area contributed by atoms with Gasteiger partial charge in [-0.1, -0.05) is 12.1 Å². The van der Waals surface area contributed by atoms with Gasteiger partial charge in [-0.15, -0.1) is 0 Å². The van der Waals surface area contributed by atoms with E-state index in [-0.39, 0.29) is 5.97 Å². The molecule has 3 rings (SSSR count). The molecule has 0 atom stereocenters. The van der Waals surface area contributed by atoms with Crippen LogP contribution >= 0.6 is 0 Å². The number of rotatable bonds is 5. The second-order valence-corrected chi connectivity index (χ2v) is 5.91. The molecule has 134 valence electrons. The van der Waals surface area contributed by atoms with Gasteiger partial charge in [0.05, 0.1) is 25.4 Å². The second kappa shape index (κ2) is 7.35. The fourth-order valence-electron chi connectivity index (χ4n) is 2.70. The van der Waals surface area contributed by atoms with Crippen molar-refractivity contribution in [3.8, 4) is 0 Å². The number of hydrogen-bond acceptors (Lipinski definition) is 5. The molecule has 0 radical (unpaired) electrons. The maximum Gasteiger partial charge on any atom is 0.338 e. The first-order valence-electron chi connectivity index (χ1n) is 8.04. The fourth-order valence-corrected chi connectivity index (χ4v) is 2.70. The number of aromatic nitrogens is 3. The summed E-state index contributed by atoms with van der Waals surface area (Å²) in [5.74, 6) is 0.518. The predicted molar refractivity (Wildman–Crippen MR) is 95.8 cm³/mol. The van der Waals surface area contributed by atoms with E-state index in [0.717, 1.165) is 11.1 Å². The number of methoxy groups -OCH3 is 1. The van der Waals surface area contributed by atoms with Gasteiger partial charge >= 0.3 is 5.97 Å². The molecule has 6 nitrogen and oxygen atoms in total. The highest BCUT2D eigenvalue weighted by molar-refractivity contribution is 5.91. The Morgan fingerprint density at radius 1 is 1.23 bits per heavy atom. The number of halogens is 1. The number of carbonyl (C=O) groups is 1. The third-order valence-electron chi connectivity index (χ3n) is 4.00. The Balaban J connectivity index is 1.94. The summed E-state index contributed by atoms with van der Waals surface area (Å²) in [6.07, 6.45) is 3.01. The number of esters is 1. The van der Waals surface area contributed by atoms with Gasteiger partial charge in [-0.05, 0) is 36.2 Å². The second-order valence-electron chi connectivity index (χ2n) is 5.91. The van der Waals surface area contributed by atoms with Crippen LogP contribution < -0.4 is 4.90 Å². The van der Waals surface area contributed by atoms with Gasteiger partial charge < -0.3 is 9.64 Å². The SMILES string of the molecule is COC(=O)c1ccc(CN(c2ccc(F)cn2)c2ccn(C)n2)cc1C. The summed E-state index contributed by atoms with van der Waals surface area (Å²) in [4.78, 5) is 17.8. The van der Waals surface area contributed by atoms with Crippen molar-refractivity contribution in [3.63, 3.8) is 0 Å². The number of aryl methyl sites for hydroxylation is 2. The van der Waals surface area contributed by atoms with Crippen molar-refractivity contribution < 1.29 is 13.9 Å². The molecular formula is C19H19FN4O2. The zero-order valence-electron chi connectivity index (χ0n) is 14.8. The molecule has 0 unspecified atom stereocenters. The van der Waals surface area contributed by atoms with Gasteiger partial charge in [0.15, 0.2) is 5.82 Å². The minimum absolute atomic E-state index is 0.365. The van der Waals surface area contributed by atoms with E-state index in [1.807, 2.05) is 43.3 Å². The van der Waals surface area contributed by atoms with Crippen molar-refractivity contribution >= 4 is 17.6 Å². The molecule has 0 bridgehead atoms. The van der Waals surface area contributed by atoms with E-state index < -0.39 is 5.82 Å². The van der Waals surface area contributed by atoms with Gasteiger partial charge in [0, 0.05) is 19.3 Å². The number of nitrogens with zero attached hydrogens (tertiary/aromatic N) is 4. The van der Waals surface area contributed by atoms with Crippen LogP contribution in [0.25, 0.3) is 0 Å². The molecule has 3 aromatic rings. The number of hydrogen-bond donors (Lipinski definition) is 0. The van der Waals surface area contributed by atoms with E-state index in [2.05, 4.69) is 10.1 Å². The van der Waals surface area contributed by atoms with Crippen LogP contribution in [0.4, 0.5) is 16.0 Å². The summed E-state index contributed by atoms with van der Waals surface area (Å²) in [5.41, 5.74) is 2.31. The summed E-state index contributed by atoms with van der Waals surface area (Å²) in [7, 11) is 3.19. The molecule has 0 aliphatic heterocycles. The third kappa shape index (κ3) is 3.72. The molecule has 7 heteroatoms. The average molecular weight is 354 g/mol. The Kier molecular flexibility index (Phi) is 4.97.